The van der Waals surface area contributed by atoms with Gasteiger partial charge in [-0.1, -0.05) is 12.1 Å². The van der Waals surface area contributed by atoms with Gasteiger partial charge in [0.25, 0.3) is 5.91 Å². The largest absolute Gasteiger partial charge is 0.382 e. The Kier molecular flexibility index (Phi) is 4.23. The average Bonchev–Trinajstić information content (AvgIpc) is 3.13. The highest BCUT2D eigenvalue weighted by Crippen LogP contribution is 2.30. The average molecular weight is 423 g/mol. The molecule has 4 N–H and O–H groups in total. The summed E-state index contributed by atoms with van der Waals surface area (Å²) in [6.45, 7) is 0.847. The molecule has 4 rings (SSSR count). The van der Waals surface area contributed by atoms with Crippen LogP contribution in [0.5, 0.6) is 0 Å². The molecule has 0 radical (unpaired) electrons. The van der Waals surface area contributed by atoms with Crippen molar-refractivity contribution in [3.8, 4) is 11.3 Å². The maximum atomic E-state index is 13.5. The van der Waals surface area contributed by atoms with Gasteiger partial charge in [-0.2, -0.15) is 0 Å². The molecule has 0 saturated carbocycles. The van der Waals surface area contributed by atoms with Crippen molar-refractivity contribution < 1.29 is 18.4 Å². The molecule has 0 bridgehead atoms. The summed E-state index contributed by atoms with van der Waals surface area (Å²) >= 11 is 0. The molecule has 3 aromatic heterocycles. The minimum Gasteiger partial charge on any atom is -0.382 e. The zero-order valence-electron chi connectivity index (χ0n) is 19.7. The summed E-state index contributed by atoms with van der Waals surface area (Å²) in [6.07, 6.45) is -0.0874. The van der Waals surface area contributed by atoms with Crippen molar-refractivity contribution in [2.45, 2.75) is 26.8 Å². The summed E-state index contributed by atoms with van der Waals surface area (Å²) in [5, 5.41) is 12.8. The van der Waals surface area contributed by atoms with Crippen LogP contribution in [0.2, 0.25) is 0 Å². The number of carbonyl (C=O) groups is 1. The van der Waals surface area contributed by atoms with Crippen molar-refractivity contribution in [2.75, 3.05) is 11.1 Å². The van der Waals surface area contributed by atoms with E-state index < -0.39 is 24.7 Å². The highest BCUT2D eigenvalue weighted by atomic mass is 19.1. The smallest absolute Gasteiger partial charge is 0.258 e. The maximum absolute atomic E-state index is 13.5. The molecular formula is C22H21FN6O2. The Hall–Kier alpha value is -3.85. The molecule has 1 unspecified atom stereocenters. The molecule has 3 heterocycles. The van der Waals surface area contributed by atoms with Crippen molar-refractivity contribution in [3.05, 3.63) is 71.2 Å². The second kappa shape index (κ2) is 7.77. The topological polar surface area (TPSA) is 118 Å². The highest BCUT2D eigenvalue weighted by molar-refractivity contribution is 5.95. The summed E-state index contributed by atoms with van der Waals surface area (Å²) in [4.78, 5) is 25.4. The Balaban J connectivity index is 1.76. The minimum atomic E-state index is -2.52. The molecule has 4 aromatic rings. The van der Waals surface area contributed by atoms with Crippen LogP contribution in [0.15, 0.2) is 42.6 Å². The van der Waals surface area contributed by atoms with Crippen LogP contribution in [0.3, 0.4) is 0 Å². The molecule has 158 valence electrons. The number of nitrogens with zero attached hydrogens (tertiary/aromatic N) is 4. The lowest BCUT2D eigenvalue weighted by atomic mass is 10.1. The number of nitrogen functional groups attached to an aromatic ring is 1. The van der Waals surface area contributed by atoms with Crippen LogP contribution in [0.25, 0.3) is 16.8 Å². The normalized spacial score (nSPS) is 14.0. The van der Waals surface area contributed by atoms with Crippen LogP contribution in [0, 0.1) is 26.5 Å². The number of aliphatic hydroxyl groups is 1. The van der Waals surface area contributed by atoms with Gasteiger partial charge in [-0.05, 0) is 50.5 Å². The van der Waals surface area contributed by atoms with E-state index >= 15 is 0 Å². The lowest BCUT2D eigenvalue weighted by Crippen LogP contribution is -2.21. The molecule has 9 heteroatoms. The van der Waals surface area contributed by atoms with E-state index in [1.54, 1.807) is 19.9 Å². The van der Waals surface area contributed by atoms with E-state index in [1.807, 2.05) is 0 Å². The number of aliphatic hydroxyl groups excluding tert-OH is 1. The maximum Gasteiger partial charge on any atom is 0.258 e. The van der Waals surface area contributed by atoms with Crippen molar-refractivity contribution in [2.24, 2.45) is 0 Å². The molecule has 0 fully saturated rings. The number of hydrogen-bond acceptors (Lipinski definition) is 6. The van der Waals surface area contributed by atoms with Crippen LogP contribution in [-0.4, -0.2) is 30.4 Å². The number of aromatic nitrogens is 4. The van der Waals surface area contributed by atoms with Crippen molar-refractivity contribution >= 4 is 23.1 Å². The number of benzene rings is 1. The monoisotopic (exact) mass is 423 g/mol. The quantitative estimate of drug-likeness (QED) is 0.464. The molecule has 1 amide bonds. The number of nitrogens with one attached hydrogen (secondary N) is 1. The Labute approximate surface area is 181 Å². The Morgan fingerprint density at radius 2 is 2.03 bits per heavy atom. The van der Waals surface area contributed by atoms with Gasteiger partial charge in [-0.3, -0.25) is 9.20 Å². The van der Waals surface area contributed by atoms with Crippen LogP contribution in [-0.2, 0) is 4.79 Å². The third kappa shape index (κ3) is 3.95. The number of carbonyl (C=O) groups excluding carboxylic acids is 1. The number of hydrogen-bond donors (Lipinski definition) is 3. The third-order valence-corrected chi connectivity index (χ3v) is 4.66. The van der Waals surface area contributed by atoms with Gasteiger partial charge in [0.1, 0.15) is 34.5 Å². The van der Waals surface area contributed by atoms with Gasteiger partial charge in [0, 0.05) is 21.6 Å². The first kappa shape index (κ1) is 16.9. The van der Waals surface area contributed by atoms with Gasteiger partial charge < -0.3 is 16.2 Å². The summed E-state index contributed by atoms with van der Waals surface area (Å²) in [6, 6.07) is 8.21. The molecule has 31 heavy (non-hydrogen) atoms. The van der Waals surface area contributed by atoms with Crippen molar-refractivity contribution in [1.82, 2.24) is 19.4 Å². The number of amides is 1. The van der Waals surface area contributed by atoms with E-state index in [-0.39, 0.29) is 28.7 Å². The Morgan fingerprint density at radius 1 is 1.23 bits per heavy atom. The molecule has 1 atom stereocenters. The van der Waals surface area contributed by atoms with Gasteiger partial charge in [0.2, 0.25) is 0 Å². The predicted octanol–water partition coefficient (Wildman–Crippen LogP) is 3.11. The number of pyridine rings is 1. The van der Waals surface area contributed by atoms with Crippen molar-refractivity contribution in [3.63, 3.8) is 0 Å². The molecule has 0 aliphatic carbocycles. The van der Waals surface area contributed by atoms with Gasteiger partial charge >= 0.3 is 0 Å². The summed E-state index contributed by atoms with van der Waals surface area (Å²) < 4.78 is 38.4. The lowest BCUT2D eigenvalue weighted by molar-refractivity contribution is -0.124. The van der Waals surface area contributed by atoms with E-state index in [0.717, 1.165) is 6.07 Å². The van der Waals surface area contributed by atoms with Gasteiger partial charge in [0.15, 0.2) is 6.10 Å². The molecule has 1 aromatic carbocycles. The highest BCUT2D eigenvalue weighted by Gasteiger charge is 2.20. The first-order valence-corrected chi connectivity index (χ1v) is 9.33. The fraction of sp³-hybridized carbons (Fsp3) is 0.182. The zero-order chi connectivity index (χ0) is 24.8. The van der Waals surface area contributed by atoms with E-state index in [4.69, 9.17) is 9.85 Å². The lowest BCUT2D eigenvalue weighted by Gasteiger charge is -2.13. The van der Waals surface area contributed by atoms with Crippen LogP contribution in [0.1, 0.15) is 33.0 Å². The first-order valence-electron chi connectivity index (χ1n) is 10.8. The third-order valence-electron chi connectivity index (χ3n) is 4.66. The molecule has 0 spiro atoms. The summed E-state index contributed by atoms with van der Waals surface area (Å²) in [7, 11) is 0. The number of nitrogens with two attached hydrogens (primary N) is 1. The van der Waals surface area contributed by atoms with Crippen LogP contribution < -0.4 is 11.1 Å². The summed E-state index contributed by atoms with van der Waals surface area (Å²) in [5.74, 6) is -1.40. The van der Waals surface area contributed by atoms with E-state index in [9.17, 15) is 14.3 Å². The van der Waals surface area contributed by atoms with Gasteiger partial charge in [-0.25, -0.2) is 19.3 Å². The second-order valence-corrected chi connectivity index (χ2v) is 7.10. The molecule has 0 saturated heterocycles. The second-order valence-electron chi connectivity index (χ2n) is 7.10. The Bertz CT molecular complexity index is 1420. The number of imidazole rings is 1. The number of anilines is 2. The molecule has 0 aliphatic rings. The van der Waals surface area contributed by atoms with Gasteiger partial charge in [-0.15, -0.1) is 0 Å². The van der Waals surface area contributed by atoms with Crippen molar-refractivity contribution in [1.29, 1.82) is 0 Å². The van der Waals surface area contributed by atoms with Gasteiger partial charge in [0.05, 0.1) is 5.69 Å². The zero-order valence-corrected chi connectivity index (χ0v) is 16.7. The molecule has 0 aliphatic heterocycles. The number of rotatable bonds is 4. The van der Waals surface area contributed by atoms with Crippen LogP contribution in [0.4, 0.5) is 16.0 Å². The van der Waals surface area contributed by atoms with Crippen LogP contribution >= 0.6 is 0 Å². The fourth-order valence-corrected chi connectivity index (χ4v) is 3.35. The van der Waals surface area contributed by atoms with E-state index in [1.165, 1.54) is 34.9 Å². The molecular weight excluding hydrogens is 399 g/mol. The predicted molar refractivity (Wildman–Crippen MR) is 115 cm³/mol. The molecule has 8 nitrogen and oxygen atoms in total. The Morgan fingerprint density at radius 3 is 2.77 bits per heavy atom. The minimum absolute atomic E-state index is 0.0852. The number of fused-ring (bicyclic) bond motifs is 1. The van der Waals surface area contributed by atoms with E-state index in [0.29, 0.717) is 22.5 Å². The SMILES string of the molecule is [2H]C([2H])([2H])c1nc(-c2cc(C)nc(NC(=O)C(O)c3cccc(F)c3)c2)c2c(N)nc(C)cn12. The summed E-state index contributed by atoms with van der Waals surface area (Å²) in [5.41, 5.74) is 8.21. The number of aryl methyl sites for hydroxylation is 3. The number of halogens is 1. The standard InChI is InChI=1S/C22H21FN6O2/c1-11-7-15(18-19-21(24)26-12(2)10-29(19)13(3)27-18)9-17(25-11)28-22(31)20(30)14-5-4-6-16(23)8-14/h4-10,20,30H,1-3H3,(H2,24,26)(H,25,28,31)/i3D3. The van der Waals surface area contributed by atoms with E-state index in [2.05, 4.69) is 20.3 Å². The first-order chi connectivity index (χ1) is 15.9. The fourth-order valence-electron chi connectivity index (χ4n) is 3.35.